The van der Waals surface area contributed by atoms with E-state index in [9.17, 15) is 0 Å². The second kappa shape index (κ2) is 5.09. The van der Waals surface area contributed by atoms with Gasteiger partial charge in [-0.1, -0.05) is 0 Å². The normalized spacial score (nSPS) is 10.4. The zero-order valence-electron chi connectivity index (χ0n) is 5.00. The van der Waals surface area contributed by atoms with E-state index in [4.69, 9.17) is 14.9 Å². The fourth-order valence-electron chi connectivity index (χ4n) is 0.399. The number of hydrogen-bond acceptors (Lipinski definition) is 3. The van der Waals surface area contributed by atoms with Crippen molar-refractivity contribution in [2.45, 2.75) is 6.10 Å². The van der Waals surface area contributed by atoms with Gasteiger partial charge in [0.05, 0.1) is 13.2 Å². The molecule has 0 radical (unpaired) electrons. The van der Waals surface area contributed by atoms with Gasteiger partial charge >= 0.3 is 0 Å². The van der Waals surface area contributed by atoms with Gasteiger partial charge in [-0.15, -0.1) is 0 Å². The molecule has 0 aliphatic rings. The number of ether oxygens (including phenoxy) is 1. The van der Waals surface area contributed by atoms with Gasteiger partial charge in [0, 0.05) is 6.51 Å². The molecular weight excluding hydrogens is 107 g/mol. The molecule has 0 saturated carbocycles. The number of aliphatic hydroxyl groups is 2. The Morgan fingerprint density at radius 3 is 2.00 bits per heavy atom. The highest BCUT2D eigenvalue weighted by Crippen LogP contribution is 1.85. The minimum absolute atomic E-state index is 0.107. The summed E-state index contributed by atoms with van der Waals surface area (Å²) in [4.78, 5) is 0. The molecule has 0 fully saturated rings. The van der Waals surface area contributed by atoms with Crippen LogP contribution in [0.4, 0.5) is 0 Å². The summed E-state index contributed by atoms with van der Waals surface area (Å²) in [7, 11) is 1.82. The molecule has 0 unspecified atom stereocenters. The minimum Gasteiger partial charge on any atom is -0.394 e. The van der Waals surface area contributed by atoms with E-state index in [1.165, 1.54) is 0 Å². The average molecular weight is 118 g/mol. The third-order valence-electron chi connectivity index (χ3n) is 0.810. The Labute approximate surface area is 49.7 Å². The van der Waals surface area contributed by atoms with Crippen LogP contribution >= 0.6 is 0 Å². The standard InChI is InChI=1S/C4H11BO3/c5-3-8-4(1-6)2-7/h4,6-7H,1-3,5H2. The smallest absolute Gasteiger partial charge is 0.135 e. The van der Waals surface area contributed by atoms with Crippen LogP contribution in [0.1, 0.15) is 0 Å². The molecule has 0 spiro atoms. The number of rotatable bonds is 4. The van der Waals surface area contributed by atoms with Crippen LogP contribution in [-0.2, 0) is 4.74 Å². The summed E-state index contributed by atoms with van der Waals surface area (Å²) in [5.41, 5.74) is 0. The van der Waals surface area contributed by atoms with Crippen LogP contribution < -0.4 is 0 Å². The van der Waals surface area contributed by atoms with E-state index >= 15 is 0 Å². The van der Waals surface area contributed by atoms with Gasteiger partial charge in [0.1, 0.15) is 14.0 Å². The van der Waals surface area contributed by atoms with Gasteiger partial charge in [0.15, 0.2) is 0 Å². The maximum Gasteiger partial charge on any atom is 0.135 e. The maximum absolute atomic E-state index is 8.37. The van der Waals surface area contributed by atoms with Crippen molar-refractivity contribution >= 4 is 7.85 Å². The molecule has 3 nitrogen and oxygen atoms in total. The van der Waals surface area contributed by atoms with Crippen LogP contribution in [0, 0.1) is 0 Å². The van der Waals surface area contributed by atoms with Crippen molar-refractivity contribution in [1.29, 1.82) is 0 Å². The lowest BCUT2D eigenvalue weighted by atomic mass is 10.2. The number of aliphatic hydroxyl groups excluding tert-OH is 2. The fourth-order valence-corrected chi connectivity index (χ4v) is 0.399. The summed E-state index contributed by atoms with van der Waals surface area (Å²) in [5, 5.41) is 16.7. The maximum atomic E-state index is 8.37. The van der Waals surface area contributed by atoms with Crippen molar-refractivity contribution in [3.8, 4) is 0 Å². The van der Waals surface area contributed by atoms with E-state index in [1.54, 1.807) is 0 Å². The molecule has 0 heterocycles. The third-order valence-corrected chi connectivity index (χ3v) is 0.810. The van der Waals surface area contributed by atoms with Gasteiger partial charge < -0.3 is 14.9 Å². The fraction of sp³-hybridized carbons (Fsp3) is 1.00. The Balaban J connectivity index is 3.07. The quantitative estimate of drug-likeness (QED) is 0.417. The average Bonchev–Trinajstić information content (AvgIpc) is 1.83. The molecule has 4 heteroatoms. The van der Waals surface area contributed by atoms with Crippen molar-refractivity contribution < 1.29 is 14.9 Å². The number of hydrogen-bond donors (Lipinski definition) is 2. The first-order valence-corrected chi connectivity index (χ1v) is 2.68. The van der Waals surface area contributed by atoms with Gasteiger partial charge in [0.2, 0.25) is 0 Å². The highest BCUT2D eigenvalue weighted by Gasteiger charge is 2.01. The Morgan fingerprint density at radius 2 is 1.88 bits per heavy atom. The molecule has 0 saturated heterocycles. The molecular formula is C4H11BO3. The molecule has 2 N–H and O–H groups in total. The lowest BCUT2D eigenvalue weighted by Gasteiger charge is -2.08. The second-order valence-electron chi connectivity index (χ2n) is 1.44. The van der Waals surface area contributed by atoms with Gasteiger partial charge in [-0.25, -0.2) is 0 Å². The van der Waals surface area contributed by atoms with E-state index in [2.05, 4.69) is 0 Å². The van der Waals surface area contributed by atoms with Crippen LogP contribution in [-0.4, -0.2) is 43.9 Å². The van der Waals surface area contributed by atoms with Crippen molar-refractivity contribution in [1.82, 2.24) is 0 Å². The Morgan fingerprint density at radius 1 is 1.38 bits per heavy atom. The summed E-state index contributed by atoms with van der Waals surface area (Å²) >= 11 is 0. The highest BCUT2D eigenvalue weighted by atomic mass is 16.5. The third kappa shape index (κ3) is 3.01. The molecule has 0 amide bonds. The molecule has 0 aromatic rings. The van der Waals surface area contributed by atoms with Crippen LogP contribution in [0.3, 0.4) is 0 Å². The Hall–Kier alpha value is -0.0551. The largest absolute Gasteiger partial charge is 0.394 e. The lowest BCUT2D eigenvalue weighted by Crippen LogP contribution is -2.22. The van der Waals surface area contributed by atoms with Crippen molar-refractivity contribution in [3.63, 3.8) is 0 Å². The SMILES string of the molecule is BCOC(CO)CO. The molecule has 0 bridgehead atoms. The predicted molar refractivity (Wildman–Crippen MR) is 32.5 cm³/mol. The van der Waals surface area contributed by atoms with Gasteiger partial charge in [-0.05, 0) is 0 Å². The first kappa shape index (κ1) is 7.94. The molecule has 0 aromatic carbocycles. The second-order valence-corrected chi connectivity index (χ2v) is 1.44. The zero-order chi connectivity index (χ0) is 6.41. The molecule has 0 atom stereocenters. The Bertz CT molecular complexity index is 46.5. The molecule has 0 rings (SSSR count). The van der Waals surface area contributed by atoms with Crippen molar-refractivity contribution in [3.05, 3.63) is 0 Å². The minimum atomic E-state index is -0.389. The Kier molecular flexibility index (Phi) is 5.05. The summed E-state index contributed by atoms with van der Waals surface area (Å²) in [6.45, 7) is 0.320. The van der Waals surface area contributed by atoms with Crippen molar-refractivity contribution in [2.75, 3.05) is 19.7 Å². The zero-order valence-corrected chi connectivity index (χ0v) is 5.00. The van der Waals surface area contributed by atoms with Crippen molar-refractivity contribution in [2.24, 2.45) is 0 Å². The van der Waals surface area contributed by atoms with Gasteiger partial charge in [0.25, 0.3) is 0 Å². The first-order chi connectivity index (χ1) is 3.85. The van der Waals surface area contributed by atoms with E-state index in [-0.39, 0.29) is 19.3 Å². The van der Waals surface area contributed by atoms with E-state index in [1.807, 2.05) is 7.85 Å². The summed E-state index contributed by atoms with van der Waals surface area (Å²) < 4.78 is 4.84. The van der Waals surface area contributed by atoms with Crippen LogP contribution in [0.5, 0.6) is 0 Å². The highest BCUT2D eigenvalue weighted by molar-refractivity contribution is 6.08. The molecule has 8 heavy (non-hydrogen) atoms. The van der Waals surface area contributed by atoms with E-state index < -0.39 is 0 Å². The summed E-state index contributed by atoms with van der Waals surface area (Å²) in [6, 6.07) is 0. The molecule has 0 aliphatic carbocycles. The predicted octanol–water partition coefficient (Wildman–Crippen LogP) is -2.05. The van der Waals surface area contributed by atoms with Gasteiger partial charge in [-0.3, -0.25) is 0 Å². The monoisotopic (exact) mass is 118 g/mol. The molecule has 48 valence electrons. The molecule has 0 aliphatic heterocycles. The van der Waals surface area contributed by atoms with Crippen LogP contribution in [0.2, 0.25) is 0 Å². The van der Waals surface area contributed by atoms with E-state index in [0.717, 1.165) is 0 Å². The van der Waals surface area contributed by atoms with E-state index in [0.29, 0.717) is 6.51 Å². The van der Waals surface area contributed by atoms with Crippen LogP contribution in [0.15, 0.2) is 0 Å². The molecule has 0 aromatic heterocycles. The van der Waals surface area contributed by atoms with Gasteiger partial charge in [-0.2, -0.15) is 0 Å². The van der Waals surface area contributed by atoms with Crippen LogP contribution in [0.25, 0.3) is 0 Å². The topological polar surface area (TPSA) is 49.7 Å². The first-order valence-electron chi connectivity index (χ1n) is 2.68. The summed E-state index contributed by atoms with van der Waals surface area (Å²) in [6.07, 6.45) is -0.389. The summed E-state index contributed by atoms with van der Waals surface area (Å²) in [5.74, 6) is 0. The lowest BCUT2D eigenvalue weighted by molar-refractivity contribution is 0.000231.